The van der Waals surface area contributed by atoms with E-state index in [0.29, 0.717) is 18.4 Å². The number of methoxy groups -OCH3 is 1. The Bertz CT molecular complexity index is 810. The van der Waals surface area contributed by atoms with Crippen LogP contribution in [0, 0.1) is 5.92 Å². The molecule has 2 saturated heterocycles. The van der Waals surface area contributed by atoms with Crippen molar-refractivity contribution in [1.82, 2.24) is 9.80 Å². The van der Waals surface area contributed by atoms with Crippen LogP contribution < -0.4 is 9.64 Å². The lowest BCUT2D eigenvalue weighted by Crippen LogP contribution is -2.51. The molecule has 4 rings (SSSR count). The molecule has 0 N–H and O–H groups in total. The zero-order valence-corrected chi connectivity index (χ0v) is 18.0. The molecule has 0 atom stereocenters. The number of benzene rings is 2. The van der Waals surface area contributed by atoms with Gasteiger partial charge in [-0.05, 0) is 42.9 Å². The Kier molecular flexibility index (Phi) is 6.90. The van der Waals surface area contributed by atoms with Gasteiger partial charge in [0.2, 0.25) is 5.91 Å². The molecule has 2 aliphatic rings. The van der Waals surface area contributed by atoms with Crippen LogP contribution in [0.5, 0.6) is 5.75 Å². The van der Waals surface area contributed by atoms with Gasteiger partial charge in [-0.25, -0.2) is 0 Å². The summed E-state index contributed by atoms with van der Waals surface area (Å²) in [5.74, 6) is 1.88. The molecule has 30 heavy (non-hydrogen) atoms. The number of hydrogen-bond donors (Lipinski definition) is 0. The lowest BCUT2D eigenvalue weighted by Gasteiger charge is -2.38. The summed E-state index contributed by atoms with van der Waals surface area (Å²) < 4.78 is 5.34. The maximum atomic E-state index is 12.8. The number of ether oxygens (including phenoxy) is 1. The second-order valence-electron chi connectivity index (χ2n) is 8.48. The molecule has 2 heterocycles. The number of carbonyl (C=O) groups is 1. The SMILES string of the molecule is COc1cccc(N2CCN(CC(=O)N3CCC(Cc4ccccc4)CC3)CC2)c1. The zero-order valence-electron chi connectivity index (χ0n) is 18.0. The summed E-state index contributed by atoms with van der Waals surface area (Å²) in [6.45, 7) is 6.09. The molecule has 5 nitrogen and oxygen atoms in total. The first-order valence-corrected chi connectivity index (χ1v) is 11.1. The first-order chi connectivity index (χ1) is 14.7. The van der Waals surface area contributed by atoms with Crippen LogP contribution in [0.4, 0.5) is 5.69 Å². The molecule has 0 unspecified atom stereocenters. The molecule has 0 aliphatic carbocycles. The second-order valence-corrected chi connectivity index (χ2v) is 8.48. The number of amides is 1. The molecule has 2 aromatic carbocycles. The standard InChI is InChI=1S/C25H33N3O2/c1-30-24-9-5-8-23(19-24)27-16-14-26(15-17-27)20-25(29)28-12-10-22(11-13-28)18-21-6-3-2-4-7-21/h2-9,19,22H,10-18,20H2,1H3. The van der Waals surface area contributed by atoms with Gasteiger partial charge in [-0.1, -0.05) is 36.4 Å². The summed E-state index contributed by atoms with van der Waals surface area (Å²) in [7, 11) is 1.70. The van der Waals surface area contributed by atoms with Crippen molar-refractivity contribution >= 4 is 11.6 Å². The molecule has 1 amide bonds. The van der Waals surface area contributed by atoms with Gasteiger partial charge in [0.1, 0.15) is 5.75 Å². The van der Waals surface area contributed by atoms with Crippen molar-refractivity contribution in [1.29, 1.82) is 0 Å². The summed E-state index contributed by atoms with van der Waals surface area (Å²) in [5.41, 5.74) is 2.61. The predicted octanol–water partition coefficient (Wildman–Crippen LogP) is 3.30. The molecule has 0 radical (unpaired) electrons. The molecule has 2 fully saturated rings. The average molecular weight is 408 g/mol. The number of anilines is 1. The van der Waals surface area contributed by atoms with Gasteiger partial charge in [-0.3, -0.25) is 9.69 Å². The zero-order chi connectivity index (χ0) is 20.8. The van der Waals surface area contributed by atoms with E-state index in [1.165, 1.54) is 11.3 Å². The highest BCUT2D eigenvalue weighted by molar-refractivity contribution is 5.78. The third-order valence-corrected chi connectivity index (χ3v) is 6.48. The van der Waals surface area contributed by atoms with E-state index in [4.69, 9.17) is 4.74 Å². The van der Waals surface area contributed by atoms with E-state index in [0.717, 1.165) is 64.3 Å². The molecule has 0 bridgehead atoms. The molecular formula is C25H33N3O2. The van der Waals surface area contributed by atoms with E-state index in [2.05, 4.69) is 57.2 Å². The molecule has 0 saturated carbocycles. The van der Waals surface area contributed by atoms with Crippen molar-refractivity contribution in [2.75, 3.05) is 57.8 Å². The molecule has 2 aromatic rings. The smallest absolute Gasteiger partial charge is 0.236 e. The minimum Gasteiger partial charge on any atom is -0.497 e. The Hall–Kier alpha value is -2.53. The van der Waals surface area contributed by atoms with Crippen LogP contribution in [-0.4, -0.2) is 68.6 Å². The summed E-state index contributed by atoms with van der Waals surface area (Å²) in [5, 5.41) is 0. The number of piperidine rings is 1. The van der Waals surface area contributed by atoms with Crippen LogP contribution >= 0.6 is 0 Å². The Morgan fingerprint density at radius 3 is 2.37 bits per heavy atom. The van der Waals surface area contributed by atoms with Crippen LogP contribution in [0.25, 0.3) is 0 Å². The largest absolute Gasteiger partial charge is 0.497 e. The normalized spacial score (nSPS) is 18.4. The van der Waals surface area contributed by atoms with E-state index in [9.17, 15) is 4.79 Å². The first-order valence-electron chi connectivity index (χ1n) is 11.1. The van der Waals surface area contributed by atoms with Crippen LogP contribution in [0.3, 0.4) is 0 Å². The number of piperazine rings is 1. The van der Waals surface area contributed by atoms with Gasteiger partial charge in [-0.15, -0.1) is 0 Å². The van der Waals surface area contributed by atoms with E-state index < -0.39 is 0 Å². The number of nitrogens with zero attached hydrogens (tertiary/aromatic N) is 3. The van der Waals surface area contributed by atoms with Crippen molar-refractivity contribution in [3.63, 3.8) is 0 Å². The van der Waals surface area contributed by atoms with Crippen molar-refractivity contribution in [3.05, 3.63) is 60.2 Å². The van der Waals surface area contributed by atoms with Gasteiger partial charge in [0, 0.05) is 51.0 Å². The molecule has 160 valence electrons. The van der Waals surface area contributed by atoms with E-state index in [1.54, 1.807) is 7.11 Å². The lowest BCUT2D eigenvalue weighted by molar-refractivity contribution is -0.133. The minimum atomic E-state index is 0.294. The molecular weight excluding hydrogens is 374 g/mol. The summed E-state index contributed by atoms with van der Waals surface area (Å²) in [4.78, 5) is 19.6. The lowest BCUT2D eigenvalue weighted by atomic mass is 9.90. The van der Waals surface area contributed by atoms with E-state index in [-0.39, 0.29) is 0 Å². The minimum absolute atomic E-state index is 0.294. The summed E-state index contributed by atoms with van der Waals surface area (Å²) in [6.07, 6.45) is 3.36. The highest BCUT2D eigenvalue weighted by Crippen LogP contribution is 2.23. The topological polar surface area (TPSA) is 36.0 Å². The van der Waals surface area contributed by atoms with Gasteiger partial charge in [0.05, 0.1) is 13.7 Å². The van der Waals surface area contributed by atoms with Gasteiger partial charge in [-0.2, -0.15) is 0 Å². The Balaban J connectivity index is 1.20. The summed E-state index contributed by atoms with van der Waals surface area (Å²) >= 11 is 0. The van der Waals surface area contributed by atoms with E-state index >= 15 is 0 Å². The molecule has 2 aliphatic heterocycles. The fourth-order valence-electron chi connectivity index (χ4n) is 4.60. The average Bonchev–Trinajstić information content (AvgIpc) is 2.81. The fourth-order valence-corrected chi connectivity index (χ4v) is 4.60. The maximum absolute atomic E-state index is 12.8. The second kappa shape index (κ2) is 9.98. The third-order valence-electron chi connectivity index (χ3n) is 6.48. The quantitative estimate of drug-likeness (QED) is 0.736. The number of likely N-dealkylation sites (tertiary alicyclic amines) is 1. The van der Waals surface area contributed by atoms with Crippen LogP contribution in [0.2, 0.25) is 0 Å². The molecule has 0 aromatic heterocycles. The number of rotatable bonds is 6. The third kappa shape index (κ3) is 5.33. The van der Waals surface area contributed by atoms with Crippen LogP contribution in [0.15, 0.2) is 54.6 Å². The highest BCUT2D eigenvalue weighted by Gasteiger charge is 2.26. The van der Waals surface area contributed by atoms with Gasteiger partial charge >= 0.3 is 0 Å². The molecule has 5 heteroatoms. The van der Waals surface area contributed by atoms with Crippen molar-refractivity contribution < 1.29 is 9.53 Å². The Morgan fingerprint density at radius 1 is 0.933 bits per heavy atom. The van der Waals surface area contributed by atoms with Gasteiger partial charge in [0.25, 0.3) is 0 Å². The Morgan fingerprint density at radius 2 is 1.67 bits per heavy atom. The fraction of sp³-hybridized carbons (Fsp3) is 0.480. The monoisotopic (exact) mass is 407 g/mol. The van der Waals surface area contributed by atoms with Crippen molar-refractivity contribution in [3.8, 4) is 5.75 Å². The van der Waals surface area contributed by atoms with Crippen LogP contribution in [-0.2, 0) is 11.2 Å². The highest BCUT2D eigenvalue weighted by atomic mass is 16.5. The Labute approximate surface area is 180 Å². The van der Waals surface area contributed by atoms with E-state index in [1.807, 2.05) is 12.1 Å². The van der Waals surface area contributed by atoms with Crippen molar-refractivity contribution in [2.45, 2.75) is 19.3 Å². The number of hydrogen-bond acceptors (Lipinski definition) is 4. The maximum Gasteiger partial charge on any atom is 0.236 e. The van der Waals surface area contributed by atoms with Gasteiger partial charge < -0.3 is 14.5 Å². The summed E-state index contributed by atoms with van der Waals surface area (Å²) in [6, 6.07) is 18.9. The number of carbonyl (C=O) groups excluding carboxylic acids is 1. The first kappa shape index (κ1) is 20.7. The van der Waals surface area contributed by atoms with Gasteiger partial charge in [0.15, 0.2) is 0 Å². The predicted molar refractivity (Wildman–Crippen MR) is 121 cm³/mol. The van der Waals surface area contributed by atoms with Crippen LogP contribution in [0.1, 0.15) is 18.4 Å². The molecule has 0 spiro atoms. The van der Waals surface area contributed by atoms with Crippen molar-refractivity contribution in [2.24, 2.45) is 5.92 Å².